The Labute approximate surface area is 192 Å². The van der Waals surface area contributed by atoms with E-state index in [2.05, 4.69) is 4.98 Å². The second kappa shape index (κ2) is 9.07. The van der Waals surface area contributed by atoms with Crippen molar-refractivity contribution in [2.45, 2.75) is 17.5 Å². The zero-order chi connectivity index (χ0) is 23.7. The van der Waals surface area contributed by atoms with Gasteiger partial charge in [-0.15, -0.1) is 0 Å². The molecule has 0 unspecified atom stereocenters. The van der Waals surface area contributed by atoms with Gasteiger partial charge in [-0.3, -0.25) is 18.7 Å². The number of hydrogen-bond acceptors (Lipinski definition) is 6. The number of nitrogens with zero attached hydrogens (tertiary/aromatic N) is 4. The molecule has 170 valence electrons. The molecule has 2 aromatic carbocycles. The predicted octanol–water partition coefficient (Wildman–Crippen LogP) is 2.73. The average molecular weight is 469 g/mol. The Morgan fingerprint density at radius 3 is 2.48 bits per heavy atom. The lowest BCUT2D eigenvalue weighted by Crippen LogP contribution is -2.37. The molecule has 2 aromatic heterocycles. The Balaban J connectivity index is 1.83. The van der Waals surface area contributed by atoms with Crippen LogP contribution in [0, 0.1) is 5.82 Å². The fourth-order valence-corrected chi connectivity index (χ4v) is 4.56. The van der Waals surface area contributed by atoms with Gasteiger partial charge in [0.05, 0.1) is 13.7 Å². The number of imidazole rings is 1. The van der Waals surface area contributed by atoms with Crippen LogP contribution in [0.3, 0.4) is 0 Å². The van der Waals surface area contributed by atoms with E-state index in [-0.39, 0.29) is 23.5 Å². The minimum absolute atomic E-state index is 0.262. The first-order chi connectivity index (χ1) is 15.8. The minimum Gasteiger partial charge on any atom is -0.496 e. The van der Waals surface area contributed by atoms with Crippen molar-refractivity contribution >= 4 is 29.2 Å². The van der Waals surface area contributed by atoms with E-state index < -0.39 is 11.2 Å². The highest BCUT2D eigenvalue weighted by Gasteiger charge is 2.20. The van der Waals surface area contributed by atoms with Gasteiger partial charge in [0.25, 0.3) is 5.56 Å². The lowest BCUT2D eigenvalue weighted by molar-refractivity contribution is 0.112. The Kier molecular flexibility index (Phi) is 6.19. The highest BCUT2D eigenvalue weighted by atomic mass is 32.2. The van der Waals surface area contributed by atoms with E-state index in [0.717, 1.165) is 22.0 Å². The number of benzene rings is 2. The first-order valence-electron chi connectivity index (χ1n) is 9.99. The van der Waals surface area contributed by atoms with Crippen LogP contribution in [0.5, 0.6) is 5.75 Å². The Hall–Kier alpha value is -3.66. The summed E-state index contributed by atoms with van der Waals surface area (Å²) in [5.74, 6) is 0.674. The third kappa shape index (κ3) is 4.21. The number of fused-ring (bicyclic) bond motifs is 1. The number of methoxy groups -OCH3 is 1. The molecule has 0 aliphatic heterocycles. The molecule has 0 radical (unpaired) electrons. The molecule has 0 amide bonds. The van der Waals surface area contributed by atoms with E-state index in [0.29, 0.717) is 22.2 Å². The number of rotatable bonds is 7. The molecule has 0 aliphatic rings. The zero-order valence-corrected chi connectivity index (χ0v) is 19.1. The maximum atomic E-state index is 13.4. The van der Waals surface area contributed by atoms with Crippen LogP contribution in [-0.2, 0) is 26.4 Å². The molecule has 2 heterocycles. The number of hydrogen-bond donors (Lipinski definition) is 0. The fraction of sp³-hybridized carbons (Fsp3) is 0.217. The summed E-state index contributed by atoms with van der Waals surface area (Å²) in [5.41, 5.74) is 1.68. The first-order valence-corrected chi connectivity index (χ1v) is 11.0. The molecule has 0 spiro atoms. The van der Waals surface area contributed by atoms with Gasteiger partial charge in [0.2, 0.25) is 0 Å². The zero-order valence-electron chi connectivity index (χ0n) is 18.2. The van der Waals surface area contributed by atoms with Crippen LogP contribution in [0.4, 0.5) is 4.39 Å². The standard InChI is InChI=1S/C23H21FN4O4S/c1-26-20-19(21(30)27(2)23(26)31)28(11-14-4-7-17(24)8-5-14)22(25-20)33-13-16-10-15(12-29)6-9-18(16)32-3/h4-10,12H,11,13H2,1-3H3. The van der Waals surface area contributed by atoms with Crippen molar-refractivity contribution in [2.24, 2.45) is 14.1 Å². The highest BCUT2D eigenvalue weighted by molar-refractivity contribution is 7.98. The topological polar surface area (TPSA) is 88.1 Å². The van der Waals surface area contributed by atoms with E-state index in [1.165, 1.54) is 35.5 Å². The van der Waals surface area contributed by atoms with Gasteiger partial charge in [-0.2, -0.15) is 0 Å². The number of ether oxygens (including phenoxy) is 1. The van der Waals surface area contributed by atoms with Crippen LogP contribution < -0.4 is 16.0 Å². The molecule has 0 bridgehead atoms. The van der Waals surface area contributed by atoms with Gasteiger partial charge in [-0.1, -0.05) is 23.9 Å². The summed E-state index contributed by atoms with van der Waals surface area (Å²) < 4.78 is 22.9. The molecule has 4 aromatic rings. The largest absolute Gasteiger partial charge is 0.496 e. The molecule has 33 heavy (non-hydrogen) atoms. The van der Waals surface area contributed by atoms with Gasteiger partial charge in [-0.25, -0.2) is 14.2 Å². The number of halogens is 1. The summed E-state index contributed by atoms with van der Waals surface area (Å²) in [6.45, 7) is 0.262. The molecule has 10 heteroatoms. The van der Waals surface area contributed by atoms with Gasteiger partial charge < -0.3 is 9.30 Å². The second-order valence-electron chi connectivity index (χ2n) is 7.46. The van der Waals surface area contributed by atoms with E-state index in [1.807, 2.05) is 0 Å². The molecular formula is C23H21FN4O4S. The summed E-state index contributed by atoms with van der Waals surface area (Å²) in [7, 11) is 4.53. The van der Waals surface area contributed by atoms with Crippen LogP contribution in [0.2, 0.25) is 0 Å². The van der Waals surface area contributed by atoms with Crippen molar-refractivity contribution in [1.82, 2.24) is 18.7 Å². The molecule has 0 aliphatic carbocycles. The second-order valence-corrected chi connectivity index (χ2v) is 8.41. The Morgan fingerprint density at radius 1 is 1.09 bits per heavy atom. The van der Waals surface area contributed by atoms with Gasteiger partial charge in [-0.05, 0) is 35.9 Å². The minimum atomic E-state index is -0.476. The molecule has 0 saturated carbocycles. The predicted molar refractivity (Wildman–Crippen MR) is 124 cm³/mol. The Bertz CT molecular complexity index is 1470. The molecule has 0 N–H and O–H groups in total. The lowest BCUT2D eigenvalue weighted by Gasteiger charge is -2.11. The van der Waals surface area contributed by atoms with E-state index in [9.17, 15) is 18.8 Å². The van der Waals surface area contributed by atoms with Crippen molar-refractivity contribution in [3.63, 3.8) is 0 Å². The maximum Gasteiger partial charge on any atom is 0.332 e. The SMILES string of the molecule is COc1ccc(C=O)cc1CSc1nc2c(c(=O)n(C)c(=O)n2C)n1Cc1ccc(F)cc1. The number of aromatic nitrogens is 4. The molecule has 4 rings (SSSR count). The van der Waals surface area contributed by atoms with Gasteiger partial charge in [0.15, 0.2) is 16.3 Å². The van der Waals surface area contributed by atoms with Crippen molar-refractivity contribution < 1.29 is 13.9 Å². The van der Waals surface area contributed by atoms with E-state index in [1.54, 1.807) is 49.1 Å². The number of carbonyl (C=O) groups excluding carboxylic acids is 1. The molecule has 0 atom stereocenters. The van der Waals surface area contributed by atoms with Crippen LogP contribution in [0.15, 0.2) is 57.2 Å². The smallest absolute Gasteiger partial charge is 0.332 e. The van der Waals surface area contributed by atoms with Gasteiger partial charge >= 0.3 is 5.69 Å². The summed E-state index contributed by atoms with van der Waals surface area (Å²) in [6.07, 6.45) is 0.761. The summed E-state index contributed by atoms with van der Waals surface area (Å²) in [4.78, 5) is 41.2. The highest BCUT2D eigenvalue weighted by Crippen LogP contribution is 2.30. The van der Waals surface area contributed by atoms with Crippen LogP contribution in [0.25, 0.3) is 11.2 Å². The number of thioether (sulfide) groups is 1. The fourth-order valence-electron chi connectivity index (χ4n) is 3.58. The molecular weight excluding hydrogens is 447 g/mol. The average Bonchev–Trinajstić information content (AvgIpc) is 3.19. The van der Waals surface area contributed by atoms with Crippen LogP contribution in [0.1, 0.15) is 21.5 Å². The van der Waals surface area contributed by atoms with Crippen molar-refractivity contribution in [2.75, 3.05) is 7.11 Å². The van der Waals surface area contributed by atoms with E-state index in [4.69, 9.17) is 4.74 Å². The Morgan fingerprint density at radius 2 is 1.82 bits per heavy atom. The lowest BCUT2D eigenvalue weighted by atomic mass is 10.1. The third-order valence-corrected chi connectivity index (χ3v) is 6.39. The number of aldehydes is 1. The molecule has 0 saturated heterocycles. The third-order valence-electron chi connectivity index (χ3n) is 5.36. The summed E-state index contributed by atoms with van der Waals surface area (Å²) in [5, 5.41) is 0.506. The van der Waals surface area contributed by atoms with Crippen LogP contribution >= 0.6 is 11.8 Å². The maximum absolute atomic E-state index is 13.4. The molecule has 8 nitrogen and oxygen atoms in total. The van der Waals surface area contributed by atoms with Crippen LogP contribution in [-0.4, -0.2) is 32.1 Å². The van der Waals surface area contributed by atoms with Gasteiger partial charge in [0.1, 0.15) is 17.9 Å². The van der Waals surface area contributed by atoms with E-state index >= 15 is 0 Å². The van der Waals surface area contributed by atoms with Crippen molar-refractivity contribution in [1.29, 1.82) is 0 Å². The quantitative estimate of drug-likeness (QED) is 0.306. The van der Waals surface area contributed by atoms with Gasteiger partial charge in [0, 0.05) is 31.0 Å². The number of carbonyl (C=O) groups is 1. The van der Waals surface area contributed by atoms with Crippen molar-refractivity contribution in [3.05, 3.63) is 85.8 Å². The number of aryl methyl sites for hydroxylation is 1. The summed E-state index contributed by atoms with van der Waals surface area (Å²) >= 11 is 1.34. The van der Waals surface area contributed by atoms with Crippen molar-refractivity contribution in [3.8, 4) is 5.75 Å². The summed E-state index contributed by atoms with van der Waals surface area (Å²) in [6, 6.07) is 11.1. The monoisotopic (exact) mass is 468 g/mol. The first kappa shape index (κ1) is 22.5. The normalized spacial score (nSPS) is 11.2. The molecule has 0 fully saturated rings.